The van der Waals surface area contributed by atoms with Crippen molar-refractivity contribution in [1.29, 1.82) is 0 Å². The standard InChI is InChI=1S/C15H15FN2O2/c1-10-3-5-12(7-14(10)16)9-17-15-8-13(18(19)20)6-4-11(15)2/h3-8,17H,9H2,1-2H3. The van der Waals surface area contributed by atoms with Gasteiger partial charge in [0.05, 0.1) is 4.92 Å². The zero-order valence-electron chi connectivity index (χ0n) is 11.3. The lowest BCUT2D eigenvalue weighted by Crippen LogP contribution is -2.02. The number of aryl methyl sites for hydroxylation is 2. The van der Waals surface area contributed by atoms with Gasteiger partial charge in [-0.05, 0) is 36.6 Å². The number of hydrogen-bond donors (Lipinski definition) is 1. The van der Waals surface area contributed by atoms with Crippen LogP contribution in [0.5, 0.6) is 0 Å². The lowest BCUT2D eigenvalue weighted by Gasteiger charge is -2.10. The van der Waals surface area contributed by atoms with Crippen LogP contribution in [-0.4, -0.2) is 4.92 Å². The SMILES string of the molecule is Cc1ccc(CNc2cc([N+](=O)[O-])ccc2C)cc1F. The first-order valence-electron chi connectivity index (χ1n) is 6.21. The van der Waals surface area contributed by atoms with Crippen molar-refractivity contribution < 1.29 is 9.31 Å². The van der Waals surface area contributed by atoms with Crippen LogP contribution in [0.4, 0.5) is 15.8 Å². The number of non-ortho nitro benzene ring substituents is 1. The first kappa shape index (κ1) is 14.0. The van der Waals surface area contributed by atoms with E-state index in [1.165, 1.54) is 18.2 Å². The molecular weight excluding hydrogens is 259 g/mol. The second-order valence-electron chi connectivity index (χ2n) is 4.69. The predicted octanol–water partition coefficient (Wildman–Crippen LogP) is 3.96. The number of halogens is 1. The number of nitrogens with zero attached hydrogens (tertiary/aromatic N) is 1. The van der Waals surface area contributed by atoms with Crippen LogP contribution in [-0.2, 0) is 6.54 Å². The number of benzene rings is 2. The Morgan fingerprint density at radius 1 is 1.15 bits per heavy atom. The summed E-state index contributed by atoms with van der Waals surface area (Å²) in [6.07, 6.45) is 0. The van der Waals surface area contributed by atoms with E-state index in [-0.39, 0.29) is 11.5 Å². The van der Waals surface area contributed by atoms with Gasteiger partial charge in [-0.1, -0.05) is 18.2 Å². The van der Waals surface area contributed by atoms with Crippen LogP contribution in [0.2, 0.25) is 0 Å². The molecule has 0 aliphatic carbocycles. The van der Waals surface area contributed by atoms with Crippen molar-refractivity contribution in [2.45, 2.75) is 20.4 Å². The van der Waals surface area contributed by atoms with Crippen LogP contribution >= 0.6 is 0 Å². The quantitative estimate of drug-likeness (QED) is 0.678. The zero-order valence-corrected chi connectivity index (χ0v) is 11.3. The summed E-state index contributed by atoms with van der Waals surface area (Å²) < 4.78 is 13.4. The molecule has 1 N–H and O–H groups in total. The van der Waals surface area contributed by atoms with Crippen LogP contribution in [0.1, 0.15) is 16.7 Å². The Labute approximate surface area is 116 Å². The third kappa shape index (κ3) is 3.12. The molecule has 4 nitrogen and oxygen atoms in total. The van der Waals surface area contributed by atoms with E-state index in [0.29, 0.717) is 17.8 Å². The first-order chi connectivity index (χ1) is 9.47. The van der Waals surface area contributed by atoms with Gasteiger partial charge in [0.1, 0.15) is 5.82 Å². The number of nitro benzene ring substituents is 1. The summed E-state index contributed by atoms with van der Waals surface area (Å²) in [7, 11) is 0. The molecule has 104 valence electrons. The van der Waals surface area contributed by atoms with Gasteiger partial charge in [0.25, 0.3) is 5.69 Å². The molecule has 0 unspecified atom stereocenters. The highest BCUT2D eigenvalue weighted by molar-refractivity contribution is 5.57. The normalized spacial score (nSPS) is 10.3. The number of nitro groups is 1. The van der Waals surface area contributed by atoms with Crippen LogP contribution < -0.4 is 5.32 Å². The molecule has 5 heteroatoms. The molecule has 0 saturated heterocycles. The van der Waals surface area contributed by atoms with Gasteiger partial charge in [0.15, 0.2) is 0 Å². The third-order valence-electron chi connectivity index (χ3n) is 3.15. The Morgan fingerprint density at radius 2 is 1.85 bits per heavy atom. The van der Waals surface area contributed by atoms with Crippen molar-refractivity contribution in [3.63, 3.8) is 0 Å². The molecule has 0 fully saturated rings. The Hall–Kier alpha value is -2.43. The average molecular weight is 274 g/mol. The molecule has 0 aliphatic rings. The lowest BCUT2D eigenvalue weighted by atomic mass is 10.1. The minimum atomic E-state index is -0.434. The fraction of sp³-hybridized carbons (Fsp3) is 0.200. The van der Waals surface area contributed by atoms with Gasteiger partial charge in [-0.15, -0.1) is 0 Å². The molecule has 0 amide bonds. The molecule has 0 atom stereocenters. The summed E-state index contributed by atoms with van der Waals surface area (Å²) in [5, 5.41) is 13.8. The van der Waals surface area contributed by atoms with Crippen LogP contribution in [0.3, 0.4) is 0 Å². The fourth-order valence-corrected chi connectivity index (χ4v) is 1.86. The van der Waals surface area contributed by atoms with Gasteiger partial charge in [0, 0.05) is 24.4 Å². The molecule has 0 spiro atoms. The van der Waals surface area contributed by atoms with Gasteiger partial charge in [-0.3, -0.25) is 10.1 Å². The van der Waals surface area contributed by atoms with E-state index >= 15 is 0 Å². The summed E-state index contributed by atoms with van der Waals surface area (Å²) in [6, 6.07) is 9.65. The van der Waals surface area contributed by atoms with Gasteiger partial charge < -0.3 is 5.32 Å². The fourth-order valence-electron chi connectivity index (χ4n) is 1.86. The van der Waals surface area contributed by atoms with Gasteiger partial charge in [-0.2, -0.15) is 0 Å². The minimum absolute atomic E-state index is 0.0354. The monoisotopic (exact) mass is 274 g/mol. The van der Waals surface area contributed by atoms with E-state index in [1.807, 2.05) is 13.0 Å². The molecule has 0 heterocycles. The molecule has 0 aromatic heterocycles. The van der Waals surface area contributed by atoms with Crippen molar-refractivity contribution in [2.24, 2.45) is 0 Å². The highest BCUT2D eigenvalue weighted by Crippen LogP contribution is 2.22. The predicted molar refractivity (Wildman–Crippen MR) is 76.3 cm³/mol. The number of hydrogen-bond acceptors (Lipinski definition) is 3. The maximum atomic E-state index is 13.4. The molecule has 0 bridgehead atoms. The third-order valence-corrected chi connectivity index (χ3v) is 3.15. The molecule has 2 rings (SSSR count). The van der Waals surface area contributed by atoms with E-state index in [4.69, 9.17) is 0 Å². The summed E-state index contributed by atoms with van der Waals surface area (Å²) in [6.45, 7) is 3.98. The molecule has 0 saturated carbocycles. The first-order valence-corrected chi connectivity index (χ1v) is 6.21. The van der Waals surface area contributed by atoms with E-state index in [0.717, 1.165) is 11.1 Å². The Balaban J connectivity index is 2.15. The van der Waals surface area contributed by atoms with Crippen molar-refractivity contribution >= 4 is 11.4 Å². The Bertz CT molecular complexity index is 656. The van der Waals surface area contributed by atoms with Crippen molar-refractivity contribution in [3.05, 3.63) is 69.0 Å². The van der Waals surface area contributed by atoms with E-state index in [2.05, 4.69) is 5.32 Å². The highest BCUT2D eigenvalue weighted by atomic mass is 19.1. The molecule has 0 radical (unpaired) electrons. The maximum absolute atomic E-state index is 13.4. The van der Waals surface area contributed by atoms with Gasteiger partial charge in [0.2, 0.25) is 0 Å². The lowest BCUT2D eigenvalue weighted by molar-refractivity contribution is -0.384. The summed E-state index contributed by atoms with van der Waals surface area (Å²) in [5.74, 6) is -0.250. The zero-order chi connectivity index (χ0) is 14.7. The highest BCUT2D eigenvalue weighted by Gasteiger charge is 2.08. The number of rotatable bonds is 4. The van der Waals surface area contributed by atoms with Gasteiger partial charge in [-0.25, -0.2) is 4.39 Å². The van der Waals surface area contributed by atoms with Crippen molar-refractivity contribution in [3.8, 4) is 0 Å². The molecule has 2 aromatic rings. The van der Waals surface area contributed by atoms with Crippen molar-refractivity contribution in [1.82, 2.24) is 0 Å². The van der Waals surface area contributed by atoms with E-state index in [1.54, 1.807) is 19.1 Å². The van der Waals surface area contributed by atoms with Crippen LogP contribution in [0, 0.1) is 29.8 Å². The Morgan fingerprint density at radius 3 is 2.50 bits per heavy atom. The van der Waals surface area contributed by atoms with Crippen molar-refractivity contribution in [2.75, 3.05) is 5.32 Å². The average Bonchev–Trinajstić information content (AvgIpc) is 2.41. The maximum Gasteiger partial charge on any atom is 0.271 e. The summed E-state index contributed by atoms with van der Waals surface area (Å²) >= 11 is 0. The summed E-state index contributed by atoms with van der Waals surface area (Å²) in [4.78, 5) is 10.3. The molecular formula is C15H15FN2O2. The smallest absolute Gasteiger partial charge is 0.271 e. The minimum Gasteiger partial charge on any atom is -0.381 e. The summed E-state index contributed by atoms with van der Waals surface area (Å²) in [5.41, 5.74) is 3.01. The second kappa shape index (κ2) is 5.69. The topological polar surface area (TPSA) is 55.2 Å². The Kier molecular flexibility index (Phi) is 3.98. The van der Waals surface area contributed by atoms with Gasteiger partial charge >= 0.3 is 0 Å². The second-order valence-corrected chi connectivity index (χ2v) is 4.69. The largest absolute Gasteiger partial charge is 0.381 e. The van der Waals surface area contributed by atoms with E-state index in [9.17, 15) is 14.5 Å². The number of nitrogens with one attached hydrogen (secondary N) is 1. The molecule has 20 heavy (non-hydrogen) atoms. The van der Waals surface area contributed by atoms with E-state index < -0.39 is 4.92 Å². The molecule has 2 aromatic carbocycles. The number of anilines is 1. The van der Waals surface area contributed by atoms with Crippen LogP contribution in [0.15, 0.2) is 36.4 Å². The van der Waals surface area contributed by atoms with Crippen LogP contribution in [0.25, 0.3) is 0 Å². The molecule has 0 aliphatic heterocycles.